The number of ether oxygens (including phenoxy) is 1. The molecule has 1 aliphatic heterocycles. The maximum absolute atomic E-state index is 12.9. The first-order valence-electron chi connectivity index (χ1n) is 10.2. The van der Waals surface area contributed by atoms with E-state index in [4.69, 9.17) is 4.74 Å². The van der Waals surface area contributed by atoms with Crippen molar-refractivity contribution in [3.63, 3.8) is 0 Å². The summed E-state index contributed by atoms with van der Waals surface area (Å²) in [5, 5.41) is 0. The molecule has 0 unspecified atom stereocenters. The third kappa shape index (κ3) is 3.69. The van der Waals surface area contributed by atoms with Crippen LogP contribution in [0.15, 0.2) is 54.6 Å². The molecule has 2 aromatic rings. The predicted molar refractivity (Wildman–Crippen MR) is 110 cm³/mol. The lowest BCUT2D eigenvalue weighted by atomic mass is 9.76. The van der Waals surface area contributed by atoms with E-state index in [0.717, 1.165) is 19.3 Å². The third-order valence-electron chi connectivity index (χ3n) is 6.00. The maximum Gasteiger partial charge on any atom is 0.237 e. The lowest BCUT2D eigenvalue weighted by molar-refractivity contribution is -0.122. The van der Waals surface area contributed by atoms with Gasteiger partial charge < -0.3 is 4.74 Å². The first kappa shape index (κ1) is 19.4. The van der Waals surface area contributed by atoms with Crippen molar-refractivity contribution in [2.24, 2.45) is 17.8 Å². The summed E-state index contributed by atoms with van der Waals surface area (Å²) in [5.74, 6) is 0.158. The number of anilines is 1. The molecule has 2 aromatic carbocycles. The largest absolute Gasteiger partial charge is 0.482 e. The number of benzene rings is 2. The van der Waals surface area contributed by atoms with Crippen LogP contribution in [0.5, 0.6) is 5.75 Å². The van der Waals surface area contributed by atoms with E-state index in [0.29, 0.717) is 22.9 Å². The average Bonchev–Trinajstić information content (AvgIpc) is 2.98. The number of hydrogen-bond acceptors (Lipinski definition) is 4. The Morgan fingerprint density at radius 2 is 1.72 bits per heavy atom. The van der Waals surface area contributed by atoms with Crippen LogP contribution in [0.25, 0.3) is 0 Å². The fourth-order valence-electron chi connectivity index (χ4n) is 4.43. The Morgan fingerprint density at radius 3 is 2.48 bits per heavy atom. The molecular weight excluding hydrogens is 366 g/mol. The van der Waals surface area contributed by atoms with Gasteiger partial charge in [-0.2, -0.15) is 0 Å². The molecule has 0 bridgehead atoms. The van der Waals surface area contributed by atoms with Gasteiger partial charge in [-0.25, -0.2) is 4.90 Å². The van der Waals surface area contributed by atoms with E-state index in [1.165, 1.54) is 4.90 Å². The van der Waals surface area contributed by atoms with Crippen LogP contribution in [-0.4, -0.2) is 23.7 Å². The molecule has 5 heteroatoms. The highest BCUT2D eigenvalue weighted by Crippen LogP contribution is 2.42. The highest BCUT2D eigenvalue weighted by molar-refractivity contribution is 6.22. The van der Waals surface area contributed by atoms with Crippen LogP contribution in [0, 0.1) is 17.8 Å². The smallest absolute Gasteiger partial charge is 0.237 e. The zero-order chi connectivity index (χ0) is 20.5. The molecule has 1 heterocycles. The zero-order valence-corrected chi connectivity index (χ0v) is 16.7. The Hall–Kier alpha value is -2.95. The molecule has 0 radical (unpaired) electrons. The molecule has 0 N–H and O–H groups in total. The summed E-state index contributed by atoms with van der Waals surface area (Å²) in [4.78, 5) is 39.7. The summed E-state index contributed by atoms with van der Waals surface area (Å²) in [6.45, 7) is 3.83. The number of rotatable bonds is 5. The van der Waals surface area contributed by atoms with Gasteiger partial charge in [0.05, 0.1) is 17.5 Å². The van der Waals surface area contributed by atoms with Crippen molar-refractivity contribution in [3.05, 3.63) is 60.2 Å². The molecule has 0 aromatic heterocycles. The minimum atomic E-state index is -0.680. The molecule has 2 fully saturated rings. The molecule has 1 saturated carbocycles. The summed E-state index contributed by atoms with van der Waals surface area (Å²) in [5.41, 5.74) is 1.10. The normalized spacial score (nSPS) is 24.9. The van der Waals surface area contributed by atoms with Crippen LogP contribution >= 0.6 is 0 Å². The molecular formula is C24H25NO4. The molecule has 29 heavy (non-hydrogen) atoms. The Labute approximate surface area is 170 Å². The lowest BCUT2D eigenvalue weighted by Crippen LogP contribution is -2.31. The summed E-state index contributed by atoms with van der Waals surface area (Å²) < 4.78 is 5.84. The SMILES string of the molecule is C[C@@H]1CC[C@@H]2C(=O)N(c3cccc(O[C@H](C)C(=O)c4ccccc4)c3)C(=O)[C@@H]2C1. The molecule has 1 saturated heterocycles. The highest BCUT2D eigenvalue weighted by Gasteiger charge is 2.50. The molecule has 0 spiro atoms. The van der Waals surface area contributed by atoms with Crippen molar-refractivity contribution in [3.8, 4) is 5.75 Å². The van der Waals surface area contributed by atoms with Crippen molar-refractivity contribution >= 4 is 23.3 Å². The van der Waals surface area contributed by atoms with Gasteiger partial charge >= 0.3 is 0 Å². The summed E-state index contributed by atoms with van der Waals surface area (Å²) in [7, 11) is 0. The first-order chi connectivity index (χ1) is 14.0. The summed E-state index contributed by atoms with van der Waals surface area (Å²) in [6.07, 6.45) is 1.84. The maximum atomic E-state index is 12.9. The minimum absolute atomic E-state index is 0.113. The van der Waals surface area contributed by atoms with Crippen LogP contribution in [0.4, 0.5) is 5.69 Å². The van der Waals surface area contributed by atoms with Gasteiger partial charge in [-0.1, -0.05) is 43.3 Å². The second-order valence-electron chi connectivity index (χ2n) is 8.13. The van der Waals surface area contributed by atoms with E-state index in [1.807, 2.05) is 18.2 Å². The van der Waals surface area contributed by atoms with Crippen molar-refractivity contribution in [2.75, 3.05) is 4.90 Å². The Kier molecular flexibility index (Phi) is 5.22. The standard InChI is InChI=1S/C24H25NO4/c1-15-11-12-20-21(13-15)24(28)25(23(20)27)18-9-6-10-19(14-18)29-16(2)22(26)17-7-4-3-5-8-17/h3-10,14-16,20-21H,11-13H2,1-2H3/t15-,16-,20+,21-/m1/s1. The quantitative estimate of drug-likeness (QED) is 0.564. The van der Waals surface area contributed by atoms with Crippen molar-refractivity contribution in [2.45, 2.75) is 39.2 Å². The Balaban J connectivity index is 1.52. The number of hydrogen-bond donors (Lipinski definition) is 0. The highest BCUT2D eigenvalue weighted by atomic mass is 16.5. The molecule has 150 valence electrons. The number of fused-ring (bicyclic) bond motifs is 1. The number of ketones is 1. The van der Waals surface area contributed by atoms with Crippen LogP contribution in [-0.2, 0) is 9.59 Å². The van der Waals surface area contributed by atoms with Gasteiger partial charge in [-0.3, -0.25) is 14.4 Å². The zero-order valence-electron chi connectivity index (χ0n) is 16.7. The lowest BCUT2D eigenvalue weighted by Gasteiger charge is -2.25. The van der Waals surface area contributed by atoms with Gasteiger partial charge in [-0.05, 0) is 44.2 Å². The topological polar surface area (TPSA) is 63.7 Å². The van der Waals surface area contributed by atoms with Crippen LogP contribution < -0.4 is 9.64 Å². The third-order valence-corrected chi connectivity index (χ3v) is 6.00. The van der Waals surface area contributed by atoms with Gasteiger partial charge in [0.2, 0.25) is 17.6 Å². The van der Waals surface area contributed by atoms with E-state index in [-0.39, 0.29) is 29.4 Å². The van der Waals surface area contributed by atoms with E-state index >= 15 is 0 Å². The van der Waals surface area contributed by atoms with Crippen LogP contribution in [0.2, 0.25) is 0 Å². The van der Waals surface area contributed by atoms with Crippen molar-refractivity contribution in [1.82, 2.24) is 0 Å². The predicted octanol–water partition coefficient (Wildman–Crippen LogP) is 4.26. The summed E-state index contributed by atoms with van der Waals surface area (Å²) >= 11 is 0. The first-order valence-corrected chi connectivity index (χ1v) is 10.2. The fourth-order valence-corrected chi connectivity index (χ4v) is 4.43. The molecule has 2 aliphatic rings. The van der Waals surface area contributed by atoms with Gasteiger partial charge in [0.1, 0.15) is 5.75 Å². The minimum Gasteiger partial charge on any atom is -0.482 e. The molecule has 2 amide bonds. The van der Waals surface area contributed by atoms with E-state index in [9.17, 15) is 14.4 Å². The number of amides is 2. The van der Waals surface area contributed by atoms with Crippen molar-refractivity contribution in [1.29, 1.82) is 0 Å². The van der Waals surface area contributed by atoms with Gasteiger partial charge in [0.15, 0.2) is 6.10 Å². The average molecular weight is 391 g/mol. The van der Waals surface area contributed by atoms with E-state index in [2.05, 4.69) is 6.92 Å². The fraction of sp³-hybridized carbons (Fsp3) is 0.375. The number of carbonyl (C=O) groups is 3. The number of Topliss-reactive ketones (excluding diaryl/α,β-unsaturated/α-hetero) is 1. The Morgan fingerprint density at radius 1 is 1.00 bits per heavy atom. The second-order valence-corrected chi connectivity index (χ2v) is 8.13. The van der Waals surface area contributed by atoms with E-state index in [1.54, 1.807) is 43.3 Å². The number of nitrogens with zero attached hydrogens (tertiary/aromatic N) is 1. The number of carbonyl (C=O) groups excluding carboxylic acids is 3. The van der Waals surface area contributed by atoms with E-state index < -0.39 is 6.10 Å². The monoisotopic (exact) mass is 391 g/mol. The summed E-state index contributed by atoms with van der Waals surface area (Å²) in [6, 6.07) is 15.9. The molecule has 1 aliphatic carbocycles. The van der Waals surface area contributed by atoms with Gasteiger partial charge in [-0.15, -0.1) is 0 Å². The van der Waals surface area contributed by atoms with Gasteiger partial charge in [0, 0.05) is 11.6 Å². The Bertz CT molecular complexity index is 939. The van der Waals surface area contributed by atoms with Crippen LogP contribution in [0.1, 0.15) is 43.5 Å². The van der Waals surface area contributed by atoms with Crippen molar-refractivity contribution < 1.29 is 19.1 Å². The second kappa shape index (κ2) is 7.82. The van der Waals surface area contributed by atoms with Gasteiger partial charge in [0.25, 0.3) is 0 Å². The molecule has 4 atom stereocenters. The van der Waals surface area contributed by atoms with Crippen LogP contribution in [0.3, 0.4) is 0 Å². The molecule has 5 nitrogen and oxygen atoms in total. The number of imide groups is 1. The molecule has 4 rings (SSSR count).